The van der Waals surface area contributed by atoms with Crippen LogP contribution < -0.4 is 16.1 Å². The maximum absolute atomic E-state index is 12.7. The van der Waals surface area contributed by atoms with Gasteiger partial charge in [0.05, 0.1) is 0 Å². The molecule has 3 rings (SSSR count). The third kappa shape index (κ3) is 4.70. The number of benzene rings is 2. The molecule has 3 amide bonds. The Labute approximate surface area is 161 Å². The highest BCUT2D eigenvalue weighted by Crippen LogP contribution is 2.22. The van der Waals surface area contributed by atoms with Crippen LogP contribution in [0.4, 0.5) is 16.2 Å². The van der Waals surface area contributed by atoms with Gasteiger partial charge in [-0.1, -0.05) is 43.6 Å². The second-order valence-corrected chi connectivity index (χ2v) is 7.17. The molecule has 2 aromatic carbocycles. The molecule has 2 radical (unpaired) electrons. The lowest BCUT2D eigenvalue weighted by Gasteiger charge is -2.24. The molecule has 0 unspecified atom stereocenters. The first kappa shape index (κ1) is 19.0. The highest BCUT2D eigenvalue weighted by Gasteiger charge is 2.34. The molecule has 1 saturated heterocycles. The van der Waals surface area contributed by atoms with Crippen LogP contribution in [0.15, 0.2) is 48.5 Å². The van der Waals surface area contributed by atoms with Crippen LogP contribution in [0.5, 0.6) is 0 Å². The van der Waals surface area contributed by atoms with Gasteiger partial charge in [-0.3, -0.25) is 4.79 Å². The van der Waals surface area contributed by atoms with Gasteiger partial charge in [-0.2, -0.15) is 0 Å². The minimum absolute atomic E-state index is 0.178. The smallest absolute Gasteiger partial charge is 0.322 e. The van der Waals surface area contributed by atoms with E-state index in [0.29, 0.717) is 30.0 Å². The fraction of sp³-hybridized carbons (Fsp3) is 0.333. The van der Waals surface area contributed by atoms with Crippen molar-refractivity contribution in [2.75, 3.05) is 17.2 Å². The molecule has 0 aliphatic carbocycles. The third-order valence-electron chi connectivity index (χ3n) is 4.82. The lowest BCUT2D eigenvalue weighted by Crippen LogP contribution is -2.45. The number of hydrogen-bond donors (Lipinski definition) is 2. The summed E-state index contributed by atoms with van der Waals surface area (Å²) in [6.07, 6.45) is 1.46. The number of urea groups is 1. The average molecular weight is 361 g/mol. The zero-order valence-electron chi connectivity index (χ0n) is 15.7. The number of rotatable bonds is 4. The lowest BCUT2D eigenvalue weighted by atomic mass is 9.96. The molecular weight excluding hydrogens is 337 g/mol. The van der Waals surface area contributed by atoms with E-state index in [9.17, 15) is 9.59 Å². The van der Waals surface area contributed by atoms with Gasteiger partial charge in [0.2, 0.25) is 5.91 Å². The summed E-state index contributed by atoms with van der Waals surface area (Å²) in [5.74, 6) is 0.261. The van der Waals surface area contributed by atoms with Gasteiger partial charge in [0, 0.05) is 17.9 Å². The Bertz CT molecular complexity index is 803. The molecule has 1 aliphatic rings. The Morgan fingerprint density at radius 1 is 1.00 bits per heavy atom. The van der Waals surface area contributed by atoms with Crippen LogP contribution in [-0.2, 0) is 4.79 Å². The van der Waals surface area contributed by atoms with E-state index in [-0.39, 0.29) is 11.9 Å². The molecule has 0 spiro atoms. The van der Waals surface area contributed by atoms with Gasteiger partial charge in [0.1, 0.15) is 13.9 Å². The molecule has 1 aliphatic heterocycles. The predicted octanol–water partition coefficient (Wildman–Crippen LogP) is 3.24. The largest absolute Gasteiger partial charge is 0.324 e. The first-order chi connectivity index (χ1) is 12.9. The van der Waals surface area contributed by atoms with Gasteiger partial charge in [-0.25, -0.2) is 4.79 Å². The van der Waals surface area contributed by atoms with Crippen LogP contribution >= 0.6 is 0 Å². The van der Waals surface area contributed by atoms with Crippen molar-refractivity contribution >= 4 is 36.6 Å². The summed E-state index contributed by atoms with van der Waals surface area (Å²) >= 11 is 0. The predicted molar refractivity (Wildman–Crippen MR) is 110 cm³/mol. The fourth-order valence-electron chi connectivity index (χ4n) is 3.22. The van der Waals surface area contributed by atoms with Gasteiger partial charge in [-0.15, -0.1) is 0 Å². The molecule has 138 valence electrons. The molecular formula is C21H24BN3O2. The van der Waals surface area contributed by atoms with Crippen molar-refractivity contribution in [1.82, 2.24) is 4.90 Å². The highest BCUT2D eigenvalue weighted by atomic mass is 16.2. The summed E-state index contributed by atoms with van der Waals surface area (Å²) < 4.78 is 0. The van der Waals surface area contributed by atoms with Gasteiger partial charge in [-0.05, 0) is 48.6 Å². The van der Waals surface area contributed by atoms with E-state index < -0.39 is 6.04 Å². The molecule has 27 heavy (non-hydrogen) atoms. The summed E-state index contributed by atoms with van der Waals surface area (Å²) in [4.78, 5) is 26.9. The van der Waals surface area contributed by atoms with E-state index in [1.165, 1.54) is 5.56 Å². The SMILES string of the molecule is [B]c1ccc(NC(=O)[C@H]2CCCN2C(=O)Nc2ccc(C(C)C)cc2)cc1. The van der Waals surface area contributed by atoms with E-state index in [2.05, 4.69) is 24.5 Å². The number of nitrogens with zero attached hydrogens (tertiary/aromatic N) is 1. The summed E-state index contributed by atoms with van der Waals surface area (Å²) in [7, 11) is 5.67. The molecule has 2 N–H and O–H groups in total. The molecule has 0 aromatic heterocycles. The van der Waals surface area contributed by atoms with Gasteiger partial charge in [0.25, 0.3) is 0 Å². The van der Waals surface area contributed by atoms with E-state index in [0.717, 1.165) is 12.1 Å². The standard InChI is InChI=1S/C21H24BN3O2/c1-14(2)15-5-9-18(10-6-15)24-21(27)25-13-3-4-19(25)20(26)23-17-11-7-16(22)8-12-17/h5-12,14,19H,3-4,13H2,1-2H3,(H,23,26)(H,24,27)/t19-/m1/s1. The topological polar surface area (TPSA) is 61.4 Å². The molecule has 1 heterocycles. The monoisotopic (exact) mass is 361 g/mol. The third-order valence-corrected chi connectivity index (χ3v) is 4.82. The van der Waals surface area contributed by atoms with Crippen molar-refractivity contribution in [2.45, 2.75) is 38.6 Å². The minimum Gasteiger partial charge on any atom is -0.324 e. The molecule has 0 bridgehead atoms. The van der Waals surface area contributed by atoms with E-state index >= 15 is 0 Å². The first-order valence-electron chi connectivity index (χ1n) is 9.28. The Kier molecular flexibility index (Phi) is 5.84. The van der Waals surface area contributed by atoms with E-state index in [1.807, 2.05) is 24.3 Å². The van der Waals surface area contributed by atoms with Crippen LogP contribution in [-0.4, -0.2) is 37.3 Å². The second kappa shape index (κ2) is 8.29. The van der Waals surface area contributed by atoms with Crippen molar-refractivity contribution in [3.8, 4) is 0 Å². The Hall–Kier alpha value is -2.76. The number of anilines is 2. The fourth-order valence-corrected chi connectivity index (χ4v) is 3.22. The zero-order chi connectivity index (χ0) is 19.4. The van der Waals surface area contributed by atoms with Crippen LogP contribution in [0.25, 0.3) is 0 Å². The van der Waals surface area contributed by atoms with Crippen molar-refractivity contribution in [3.05, 3.63) is 54.1 Å². The lowest BCUT2D eigenvalue weighted by molar-refractivity contribution is -0.119. The zero-order valence-corrected chi connectivity index (χ0v) is 15.7. The summed E-state index contributed by atoms with van der Waals surface area (Å²) in [5, 5.41) is 5.76. The van der Waals surface area contributed by atoms with Crippen molar-refractivity contribution in [1.29, 1.82) is 0 Å². The molecule has 6 heteroatoms. The van der Waals surface area contributed by atoms with Gasteiger partial charge < -0.3 is 15.5 Å². The quantitative estimate of drug-likeness (QED) is 0.822. The Morgan fingerprint density at radius 2 is 1.59 bits per heavy atom. The van der Waals surface area contributed by atoms with Crippen LogP contribution in [0.2, 0.25) is 0 Å². The van der Waals surface area contributed by atoms with Crippen molar-refractivity contribution in [2.24, 2.45) is 0 Å². The maximum Gasteiger partial charge on any atom is 0.322 e. The van der Waals surface area contributed by atoms with Crippen LogP contribution in [0.3, 0.4) is 0 Å². The van der Waals surface area contributed by atoms with Crippen LogP contribution in [0, 0.1) is 0 Å². The number of hydrogen-bond acceptors (Lipinski definition) is 2. The normalized spacial score (nSPS) is 16.4. The number of amides is 3. The first-order valence-corrected chi connectivity index (χ1v) is 9.28. The summed E-state index contributed by atoms with van der Waals surface area (Å²) in [5.41, 5.74) is 3.26. The van der Waals surface area contributed by atoms with Gasteiger partial charge >= 0.3 is 6.03 Å². The number of carbonyl (C=O) groups excluding carboxylic acids is 2. The minimum atomic E-state index is -0.475. The maximum atomic E-state index is 12.7. The second-order valence-electron chi connectivity index (χ2n) is 7.17. The van der Waals surface area contributed by atoms with Crippen molar-refractivity contribution in [3.63, 3.8) is 0 Å². The molecule has 0 saturated carbocycles. The molecule has 1 atom stereocenters. The van der Waals surface area contributed by atoms with Crippen molar-refractivity contribution < 1.29 is 9.59 Å². The van der Waals surface area contributed by atoms with E-state index in [1.54, 1.807) is 29.2 Å². The molecule has 1 fully saturated rings. The number of carbonyl (C=O) groups is 2. The van der Waals surface area contributed by atoms with Gasteiger partial charge in [0.15, 0.2) is 0 Å². The van der Waals surface area contributed by atoms with E-state index in [4.69, 9.17) is 7.85 Å². The number of likely N-dealkylation sites (tertiary alicyclic amines) is 1. The summed E-state index contributed by atoms with van der Waals surface area (Å²) in [6.45, 7) is 4.82. The van der Waals surface area contributed by atoms with Crippen LogP contribution in [0.1, 0.15) is 38.2 Å². The highest BCUT2D eigenvalue weighted by molar-refractivity contribution is 6.32. The Morgan fingerprint density at radius 3 is 2.22 bits per heavy atom. The Balaban J connectivity index is 1.63. The molecule has 2 aromatic rings. The summed E-state index contributed by atoms with van der Waals surface area (Å²) in [6, 6.07) is 14.1. The average Bonchev–Trinajstić information content (AvgIpc) is 3.14. The molecule has 5 nitrogen and oxygen atoms in total. The number of nitrogens with one attached hydrogen (secondary N) is 2.